The minimum absolute atomic E-state index is 0.514. The van der Waals surface area contributed by atoms with Gasteiger partial charge in [-0.2, -0.15) is 0 Å². The van der Waals surface area contributed by atoms with E-state index in [0.29, 0.717) is 18.1 Å². The predicted molar refractivity (Wildman–Crippen MR) is 173 cm³/mol. The average molecular weight is 538 g/mol. The molecule has 2 atom stereocenters. The quantitative estimate of drug-likeness (QED) is 0.370. The van der Waals surface area contributed by atoms with Gasteiger partial charge in [-0.3, -0.25) is 4.90 Å². The number of benzene rings is 1. The number of allylic oxidation sites excluding steroid dienone is 2. The Morgan fingerprint density at radius 3 is 1.65 bits per heavy atom. The molecule has 218 valence electrons. The highest BCUT2D eigenvalue weighted by atomic mass is 35.5. The number of hydrogen-bond donors (Lipinski definition) is 0. The van der Waals surface area contributed by atoms with Crippen molar-refractivity contribution >= 4 is 11.6 Å². The summed E-state index contributed by atoms with van der Waals surface area (Å²) in [6, 6.07) is 10.1. The summed E-state index contributed by atoms with van der Waals surface area (Å²) in [4.78, 5) is 7.70. The Bertz CT molecular complexity index is 663. The van der Waals surface area contributed by atoms with Crippen LogP contribution in [-0.4, -0.2) is 59.0 Å². The third kappa shape index (κ3) is 14.3. The zero-order valence-corrected chi connectivity index (χ0v) is 27.9. The third-order valence-corrected chi connectivity index (χ3v) is 6.48. The minimum atomic E-state index is 0.514. The molecule has 2 heterocycles. The first-order valence-electron chi connectivity index (χ1n) is 15.2. The Morgan fingerprint density at radius 2 is 1.24 bits per heavy atom. The van der Waals surface area contributed by atoms with Gasteiger partial charge in [0.2, 0.25) is 0 Å². The summed E-state index contributed by atoms with van der Waals surface area (Å²) in [5.74, 6) is 0. The number of halogens is 1. The maximum absolute atomic E-state index is 6.09. The lowest BCUT2D eigenvalue weighted by molar-refractivity contribution is 0.00561. The maximum atomic E-state index is 6.09. The van der Waals surface area contributed by atoms with Gasteiger partial charge in [-0.05, 0) is 57.7 Å². The standard InChI is InChI=1S/C23H34ClN3.5C2H6/c1-17(2)25-12-10-22(11-13-25)27-15-19(5)26(18(3)4)16-23(27)14-20-6-8-21(24)9-7-20;5*1-2/h6-9,19,22-23H,1,3,10-16H2,2,4-5H3;5*1-2H3/t19-,23-;;;;;/m0...../s1. The van der Waals surface area contributed by atoms with Crippen LogP contribution in [0.25, 0.3) is 0 Å². The zero-order chi connectivity index (χ0) is 29.6. The Balaban J connectivity index is -0.00000103. The predicted octanol–water partition coefficient (Wildman–Crippen LogP) is 9.92. The van der Waals surface area contributed by atoms with Crippen molar-refractivity contribution in [1.82, 2.24) is 14.7 Å². The van der Waals surface area contributed by atoms with Crippen LogP contribution in [0.3, 0.4) is 0 Å². The van der Waals surface area contributed by atoms with Crippen molar-refractivity contribution in [3.05, 3.63) is 59.4 Å². The number of piperazine rings is 1. The van der Waals surface area contributed by atoms with Crippen LogP contribution in [0.2, 0.25) is 5.02 Å². The smallest absolute Gasteiger partial charge is 0.0406 e. The third-order valence-electron chi connectivity index (χ3n) is 6.23. The molecule has 3 rings (SSSR count). The lowest BCUT2D eigenvalue weighted by atomic mass is 9.93. The van der Waals surface area contributed by atoms with E-state index in [1.54, 1.807) is 0 Å². The van der Waals surface area contributed by atoms with Crippen LogP contribution in [0, 0.1) is 0 Å². The van der Waals surface area contributed by atoms with Gasteiger partial charge in [0, 0.05) is 60.7 Å². The molecule has 0 spiro atoms. The van der Waals surface area contributed by atoms with E-state index in [1.165, 1.54) is 29.8 Å². The van der Waals surface area contributed by atoms with Gasteiger partial charge in [0.15, 0.2) is 0 Å². The number of piperidine rings is 1. The topological polar surface area (TPSA) is 9.72 Å². The van der Waals surface area contributed by atoms with Crippen LogP contribution in [-0.2, 0) is 6.42 Å². The molecular formula is C33H64ClN3. The van der Waals surface area contributed by atoms with Gasteiger partial charge in [0.1, 0.15) is 0 Å². The molecule has 1 aromatic carbocycles. The van der Waals surface area contributed by atoms with Crippen molar-refractivity contribution in [3.8, 4) is 0 Å². The van der Waals surface area contributed by atoms with E-state index in [9.17, 15) is 0 Å². The first-order valence-corrected chi connectivity index (χ1v) is 15.6. The van der Waals surface area contributed by atoms with Crippen molar-refractivity contribution in [2.24, 2.45) is 0 Å². The van der Waals surface area contributed by atoms with Crippen molar-refractivity contribution in [2.75, 3.05) is 26.2 Å². The minimum Gasteiger partial charge on any atom is -0.375 e. The fourth-order valence-electron chi connectivity index (χ4n) is 4.70. The van der Waals surface area contributed by atoms with Gasteiger partial charge in [-0.25, -0.2) is 0 Å². The highest BCUT2D eigenvalue weighted by Gasteiger charge is 2.36. The molecule has 2 saturated heterocycles. The molecule has 0 saturated carbocycles. The van der Waals surface area contributed by atoms with Gasteiger partial charge in [0.25, 0.3) is 0 Å². The summed E-state index contributed by atoms with van der Waals surface area (Å²) < 4.78 is 0. The molecule has 0 amide bonds. The normalized spacial score (nSPS) is 19.0. The van der Waals surface area contributed by atoms with Crippen LogP contribution in [0.4, 0.5) is 0 Å². The Kier molecular flexibility index (Phi) is 26.9. The van der Waals surface area contributed by atoms with Gasteiger partial charge >= 0.3 is 0 Å². The van der Waals surface area contributed by atoms with E-state index < -0.39 is 0 Å². The largest absolute Gasteiger partial charge is 0.375 e. The highest BCUT2D eigenvalue weighted by Crippen LogP contribution is 2.28. The fourth-order valence-corrected chi connectivity index (χ4v) is 4.82. The van der Waals surface area contributed by atoms with Gasteiger partial charge in [-0.1, -0.05) is 106 Å². The number of nitrogens with zero attached hydrogens (tertiary/aromatic N) is 3. The lowest BCUT2D eigenvalue weighted by Crippen LogP contribution is -2.61. The van der Waals surface area contributed by atoms with Crippen LogP contribution in [0.1, 0.15) is 108 Å². The van der Waals surface area contributed by atoms with Gasteiger partial charge in [0.05, 0.1) is 0 Å². The summed E-state index contributed by atoms with van der Waals surface area (Å²) in [6.45, 7) is 39.4. The molecule has 4 heteroatoms. The molecule has 3 nitrogen and oxygen atoms in total. The van der Waals surface area contributed by atoms with Crippen molar-refractivity contribution in [2.45, 2.75) is 127 Å². The van der Waals surface area contributed by atoms with E-state index in [4.69, 9.17) is 11.6 Å². The first-order chi connectivity index (χ1) is 17.8. The van der Waals surface area contributed by atoms with Crippen LogP contribution < -0.4 is 0 Å². The van der Waals surface area contributed by atoms with Crippen LogP contribution >= 0.6 is 11.6 Å². The second-order valence-corrected chi connectivity index (χ2v) is 8.81. The highest BCUT2D eigenvalue weighted by molar-refractivity contribution is 6.30. The summed E-state index contributed by atoms with van der Waals surface area (Å²) in [5, 5.41) is 0.809. The van der Waals surface area contributed by atoms with E-state index in [1.807, 2.05) is 81.4 Å². The molecule has 1 aromatic rings. The summed E-state index contributed by atoms with van der Waals surface area (Å²) in [6.07, 6.45) is 3.52. The second-order valence-electron chi connectivity index (χ2n) is 8.37. The zero-order valence-electron chi connectivity index (χ0n) is 27.1. The second kappa shape index (κ2) is 24.9. The summed E-state index contributed by atoms with van der Waals surface area (Å²) in [7, 11) is 0. The van der Waals surface area contributed by atoms with Gasteiger partial charge in [-0.15, -0.1) is 0 Å². The fraction of sp³-hybridized carbons (Fsp3) is 0.697. The van der Waals surface area contributed by atoms with Crippen molar-refractivity contribution in [1.29, 1.82) is 0 Å². The number of rotatable bonds is 5. The van der Waals surface area contributed by atoms with E-state index >= 15 is 0 Å². The molecule has 2 aliphatic rings. The van der Waals surface area contributed by atoms with Crippen LogP contribution in [0.5, 0.6) is 0 Å². The van der Waals surface area contributed by atoms with Crippen LogP contribution in [0.15, 0.2) is 48.8 Å². The van der Waals surface area contributed by atoms with Gasteiger partial charge < -0.3 is 9.80 Å². The number of hydrogen-bond acceptors (Lipinski definition) is 3. The summed E-state index contributed by atoms with van der Waals surface area (Å²) >= 11 is 6.09. The maximum Gasteiger partial charge on any atom is 0.0406 e. The molecular weight excluding hydrogens is 474 g/mol. The Labute approximate surface area is 239 Å². The molecule has 0 aromatic heterocycles. The molecule has 2 aliphatic heterocycles. The van der Waals surface area contributed by atoms with E-state index in [-0.39, 0.29) is 0 Å². The molecule has 0 radical (unpaired) electrons. The SMILES string of the molecule is C=C(C)N1CCC(N2C[C@H](C)N(C(=C)C)C[C@@H]2Cc2ccc(Cl)cc2)CC1.CC.CC.CC.CC.CC. The Hall–Kier alpha value is -1.45. The molecule has 0 bridgehead atoms. The molecule has 0 unspecified atom stereocenters. The van der Waals surface area contributed by atoms with E-state index in [2.05, 4.69) is 60.8 Å². The molecule has 37 heavy (non-hydrogen) atoms. The van der Waals surface area contributed by atoms with E-state index in [0.717, 1.165) is 37.6 Å². The number of likely N-dealkylation sites (tertiary alicyclic amines) is 1. The molecule has 0 N–H and O–H groups in total. The molecule has 0 aliphatic carbocycles. The summed E-state index contributed by atoms with van der Waals surface area (Å²) in [5.41, 5.74) is 3.75. The van der Waals surface area contributed by atoms with Crippen molar-refractivity contribution in [3.63, 3.8) is 0 Å². The average Bonchev–Trinajstić information content (AvgIpc) is 2.96. The monoisotopic (exact) mass is 537 g/mol. The Morgan fingerprint density at radius 1 is 0.784 bits per heavy atom. The lowest BCUT2D eigenvalue weighted by Gasteiger charge is -2.51. The molecule has 2 fully saturated rings. The van der Waals surface area contributed by atoms with Crippen molar-refractivity contribution < 1.29 is 0 Å². The first kappa shape index (κ1) is 40.1.